The van der Waals surface area contributed by atoms with Crippen LogP contribution in [-0.2, 0) is 20.8 Å². The lowest BCUT2D eigenvalue weighted by Gasteiger charge is -2.08. The van der Waals surface area contributed by atoms with E-state index in [0.29, 0.717) is 5.56 Å². The highest BCUT2D eigenvalue weighted by Crippen LogP contribution is 2.33. The predicted octanol–water partition coefficient (Wildman–Crippen LogP) is 2.71. The van der Waals surface area contributed by atoms with Gasteiger partial charge in [0.25, 0.3) is 0 Å². The molecule has 0 amide bonds. The van der Waals surface area contributed by atoms with Crippen LogP contribution in [0.3, 0.4) is 0 Å². The molecule has 0 saturated heterocycles. The summed E-state index contributed by atoms with van der Waals surface area (Å²) in [5.74, 6) is -2.88. The van der Waals surface area contributed by atoms with Crippen molar-refractivity contribution in [3.8, 4) is 0 Å². The molecule has 1 aromatic heterocycles. The molecule has 2 aromatic rings. The molecule has 0 saturated carbocycles. The largest absolute Gasteiger partial charge is 0.465 e. The zero-order valence-corrected chi connectivity index (χ0v) is 15.1. The first-order chi connectivity index (χ1) is 12.3. The summed E-state index contributed by atoms with van der Waals surface area (Å²) in [7, 11) is 2.32. The van der Waals surface area contributed by atoms with Crippen LogP contribution in [0.25, 0.3) is 0 Å². The van der Waals surface area contributed by atoms with Crippen molar-refractivity contribution >= 4 is 34.2 Å². The first-order valence-electron chi connectivity index (χ1n) is 7.31. The maximum Gasteiger partial charge on any atom is 0.348 e. The molecule has 0 atom stereocenters. The molecule has 1 heterocycles. The topological polar surface area (TPSA) is 105 Å². The van der Waals surface area contributed by atoms with Crippen molar-refractivity contribution in [2.24, 2.45) is 0 Å². The molecular weight excluding hydrogens is 365 g/mol. The molecule has 0 fully saturated rings. The quantitative estimate of drug-likeness (QED) is 0.627. The highest BCUT2D eigenvalue weighted by atomic mass is 32.1. The number of esters is 3. The van der Waals surface area contributed by atoms with Crippen LogP contribution in [0.15, 0.2) is 18.2 Å². The summed E-state index contributed by atoms with van der Waals surface area (Å²) in [6, 6.07) is 3.89. The molecule has 0 spiro atoms. The molecule has 26 heavy (non-hydrogen) atoms. The summed E-state index contributed by atoms with van der Waals surface area (Å²) in [6.45, 7) is 1.13. The molecule has 0 radical (unpaired) electrons. The number of carbonyl (C=O) groups is 3. The number of methoxy groups -OCH3 is 2. The van der Waals surface area contributed by atoms with Crippen LogP contribution in [-0.4, -0.2) is 32.1 Å². The van der Waals surface area contributed by atoms with E-state index in [9.17, 15) is 18.8 Å². The maximum absolute atomic E-state index is 13.6. The minimum absolute atomic E-state index is 0.00413. The summed E-state index contributed by atoms with van der Waals surface area (Å²) in [5.41, 5.74) is 6.17. The molecule has 9 heteroatoms. The average molecular weight is 381 g/mol. The van der Waals surface area contributed by atoms with E-state index in [1.807, 2.05) is 0 Å². The number of carbonyl (C=O) groups excluding carboxylic acids is 3. The number of ether oxygens (including phenoxy) is 3. The minimum Gasteiger partial charge on any atom is -0.465 e. The van der Waals surface area contributed by atoms with Crippen molar-refractivity contribution in [3.05, 3.63) is 51.1 Å². The fourth-order valence-corrected chi connectivity index (χ4v) is 3.13. The molecule has 2 rings (SSSR count). The molecular formula is C17H16FNO6S. The third kappa shape index (κ3) is 3.83. The van der Waals surface area contributed by atoms with Gasteiger partial charge in [0, 0.05) is 5.56 Å². The van der Waals surface area contributed by atoms with E-state index in [2.05, 4.69) is 9.47 Å². The fraction of sp³-hybridized carbons (Fsp3) is 0.235. The van der Waals surface area contributed by atoms with Crippen LogP contribution < -0.4 is 5.73 Å². The summed E-state index contributed by atoms with van der Waals surface area (Å²) < 4.78 is 28.0. The number of hydrogen-bond acceptors (Lipinski definition) is 8. The van der Waals surface area contributed by atoms with E-state index < -0.39 is 30.3 Å². The summed E-state index contributed by atoms with van der Waals surface area (Å²) in [5, 5.41) is 0.0321. The second-order valence-electron chi connectivity index (χ2n) is 5.17. The predicted molar refractivity (Wildman–Crippen MR) is 91.7 cm³/mol. The molecule has 0 unspecified atom stereocenters. The van der Waals surface area contributed by atoms with Crippen LogP contribution in [0.4, 0.5) is 9.39 Å². The van der Waals surface area contributed by atoms with Gasteiger partial charge in [0.1, 0.15) is 27.9 Å². The van der Waals surface area contributed by atoms with Gasteiger partial charge in [0.05, 0.1) is 19.8 Å². The lowest BCUT2D eigenvalue weighted by Crippen LogP contribution is -2.13. The van der Waals surface area contributed by atoms with E-state index in [1.54, 1.807) is 6.92 Å². The zero-order chi connectivity index (χ0) is 19.4. The minimum atomic E-state index is -0.819. The highest BCUT2D eigenvalue weighted by molar-refractivity contribution is 7.18. The molecule has 138 valence electrons. The van der Waals surface area contributed by atoms with E-state index in [0.717, 1.165) is 24.5 Å². The Morgan fingerprint density at radius 1 is 1.12 bits per heavy atom. The summed E-state index contributed by atoms with van der Waals surface area (Å²) in [4.78, 5) is 36.0. The number of nitrogens with two attached hydrogens (primary N) is 1. The van der Waals surface area contributed by atoms with Gasteiger partial charge in [-0.15, -0.1) is 11.3 Å². The Morgan fingerprint density at radius 2 is 1.77 bits per heavy atom. The number of benzene rings is 1. The van der Waals surface area contributed by atoms with Gasteiger partial charge >= 0.3 is 17.9 Å². The Labute approximate surface area is 152 Å². The van der Waals surface area contributed by atoms with Crippen LogP contribution in [0.2, 0.25) is 0 Å². The smallest absolute Gasteiger partial charge is 0.348 e. The highest BCUT2D eigenvalue weighted by Gasteiger charge is 2.28. The average Bonchev–Trinajstić information content (AvgIpc) is 2.96. The van der Waals surface area contributed by atoms with Crippen molar-refractivity contribution in [2.75, 3.05) is 20.0 Å². The Balaban J connectivity index is 2.32. The number of rotatable bonds is 5. The monoisotopic (exact) mass is 381 g/mol. The van der Waals surface area contributed by atoms with Gasteiger partial charge < -0.3 is 19.9 Å². The summed E-state index contributed by atoms with van der Waals surface area (Å²) >= 11 is 0.820. The Bertz CT molecular complexity index is 876. The molecule has 0 aliphatic rings. The summed E-state index contributed by atoms with van der Waals surface area (Å²) in [6.07, 6.45) is 0. The first-order valence-corrected chi connectivity index (χ1v) is 8.12. The van der Waals surface area contributed by atoms with E-state index in [1.165, 1.54) is 19.2 Å². The molecule has 2 N–H and O–H groups in total. The van der Waals surface area contributed by atoms with E-state index >= 15 is 0 Å². The van der Waals surface area contributed by atoms with Gasteiger partial charge in [0.2, 0.25) is 0 Å². The standard InChI is InChI=1S/C17H16FNO6S/c1-8-4-5-9(6-11(8)18)15(20)25-7-10-12(16(21)23-2)14(19)26-13(10)17(22)24-3/h4-6H,7,19H2,1-3H3. The van der Waals surface area contributed by atoms with E-state index in [-0.39, 0.29) is 26.6 Å². The van der Waals surface area contributed by atoms with Gasteiger partial charge in [-0.2, -0.15) is 0 Å². The van der Waals surface area contributed by atoms with Gasteiger partial charge in [-0.05, 0) is 24.6 Å². The van der Waals surface area contributed by atoms with Crippen LogP contribution in [0, 0.1) is 12.7 Å². The van der Waals surface area contributed by atoms with Crippen molar-refractivity contribution in [1.82, 2.24) is 0 Å². The molecule has 7 nitrogen and oxygen atoms in total. The number of halogens is 1. The van der Waals surface area contributed by atoms with E-state index in [4.69, 9.17) is 10.5 Å². The van der Waals surface area contributed by atoms with Crippen molar-refractivity contribution < 1.29 is 33.0 Å². The molecule has 0 aliphatic carbocycles. The lowest BCUT2D eigenvalue weighted by atomic mass is 10.1. The van der Waals surface area contributed by atoms with Gasteiger partial charge in [-0.1, -0.05) is 6.07 Å². The Kier molecular flexibility index (Phi) is 5.93. The first kappa shape index (κ1) is 19.4. The number of thiophene rings is 1. The Morgan fingerprint density at radius 3 is 2.35 bits per heavy atom. The van der Waals surface area contributed by atoms with Crippen molar-refractivity contribution in [1.29, 1.82) is 0 Å². The second-order valence-corrected chi connectivity index (χ2v) is 6.22. The van der Waals surface area contributed by atoms with Crippen LogP contribution in [0.1, 0.15) is 41.5 Å². The molecule has 0 bridgehead atoms. The number of nitrogen functional groups attached to an aromatic ring is 1. The third-order valence-corrected chi connectivity index (χ3v) is 4.59. The maximum atomic E-state index is 13.6. The zero-order valence-electron chi connectivity index (χ0n) is 14.3. The lowest BCUT2D eigenvalue weighted by molar-refractivity contribution is 0.0452. The number of aryl methyl sites for hydroxylation is 1. The van der Waals surface area contributed by atoms with Gasteiger partial charge in [-0.3, -0.25) is 0 Å². The third-order valence-electron chi connectivity index (χ3n) is 3.55. The fourth-order valence-electron chi connectivity index (χ4n) is 2.15. The molecule has 0 aliphatic heterocycles. The Hall–Kier alpha value is -2.94. The van der Waals surface area contributed by atoms with Crippen molar-refractivity contribution in [3.63, 3.8) is 0 Å². The number of hydrogen-bond donors (Lipinski definition) is 1. The second kappa shape index (κ2) is 7.96. The number of anilines is 1. The van der Waals surface area contributed by atoms with Crippen molar-refractivity contribution in [2.45, 2.75) is 13.5 Å². The molecule has 1 aromatic carbocycles. The van der Waals surface area contributed by atoms with Gasteiger partial charge in [-0.25, -0.2) is 18.8 Å². The van der Waals surface area contributed by atoms with Crippen LogP contribution in [0.5, 0.6) is 0 Å². The SMILES string of the molecule is COC(=O)c1sc(N)c(C(=O)OC)c1COC(=O)c1ccc(C)c(F)c1. The normalized spacial score (nSPS) is 10.3. The van der Waals surface area contributed by atoms with Crippen LogP contribution >= 0.6 is 11.3 Å². The van der Waals surface area contributed by atoms with Gasteiger partial charge in [0.15, 0.2) is 0 Å².